The van der Waals surface area contributed by atoms with Gasteiger partial charge in [0.2, 0.25) is 5.95 Å². The molecule has 0 bridgehead atoms. The van der Waals surface area contributed by atoms with Crippen LogP contribution in [-0.4, -0.2) is 28.7 Å². The van der Waals surface area contributed by atoms with Gasteiger partial charge in [-0.15, -0.1) is 0 Å². The van der Waals surface area contributed by atoms with Crippen molar-refractivity contribution in [1.82, 2.24) is 28.7 Å². The van der Waals surface area contributed by atoms with E-state index in [9.17, 15) is 5.48 Å². The first-order valence-corrected chi connectivity index (χ1v) is 17.4. The first-order chi connectivity index (χ1) is 37.4. The quantitative estimate of drug-likeness (QED) is 0.176. The summed E-state index contributed by atoms with van der Waals surface area (Å²) in [6.07, 6.45) is 0. The largest absolute Gasteiger partial charge is 0.309 e. The van der Waals surface area contributed by atoms with Crippen LogP contribution in [0.3, 0.4) is 0 Å². The van der Waals surface area contributed by atoms with Gasteiger partial charge in [-0.25, -0.2) is 4.98 Å². The van der Waals surface area contributed by atoms with E-state index < -0.39 is 172 Å². The van der Waals surface area contributed by atoms with Gasteiger partial charge in [0.05, 0.1) is 63.3 Å². The van der Waals surface area contributed by atoms with Gasteiger partial charge in [0, 0.05) is 54.8 Å². The van der Waals surface area contributed by atoms with Gasteiger partial charge in [-0.1, -0.05) is 151 Å². The van der Waals surface area contributed by atoms with Crippen LogP contribution in [0.1, 0.15) is 30.2 Å². The fourth-order valence-corrected chi connectivity index (χ4v) is 7.55. The second-order valence-electron chi connectivity index (χ2n) is 12.8. The second-order valence-corrected chi connectivity index (χ2v) is 12.8. The summed E-state index contributed by atoms with van der Waals surface area (Å²) in [6.45, 7) is 0. The molecule has 0 fully saturated rings. The molecule has 8 aromatic carbocycles. The van der Waals surface area contributed by atoms with E-state index in [0.29, 0.717) is 32.6 Å². The number of hydrogen-bond donors (Lipinski definition) is 0. The average molecular weight is 751 g/mol. The average Bonchev–Trinajstić information content (AvgIpc) is 4.30. The number of benzene rings is 8. The number of para-hydroxylation sites is 4. The zero-order chi connectivity index (χ0) is 56.6. The summed E-state index contributed by atoms with van der Waals surface area (Å²) in [5.41, 5.74) is -1.73. The summed E-state index contributed by atoms with van der Waals surface area (Å²) >= 11 is 0. The molecule has 0 saturated carbocycles. The Morgan fingerprint density at radius 2 is 0.877 bits per heavy atom. The molecule has 0 unspecified atom stereocenters. The Morgan fingerprint density at radius 3 is 1.53 bits per heavy atom. The van der Waals surface area contributed by atoms with E-state index in [1.807, 2.05) is 0 Å². The molecular formula is C51H32N6. The maximum absolute atomic E-state index is 10.3. The Kier molecular flexibility index (Phi) is 3.66. The third-order valence-corrected chi connectivity index (χ3v) is 9.82. The van der Waals surface area contributed by atoms with E-state index in [1.54, 1.807) is 60.7 Å². The molecule has 0 spiro atoms. The van der Waals surface area contributed by atoms with Gasteiger partial charge < -0.3 is 9.13 Å². The SMILES string of the molecule is [2H]c1c([2H])c([2H])c(-c2nc(-c3c([2H])c([2H])c([2H])c([2H])c3[2H])nc(-n3c4ccccc4c4ccc5c6ccccc6n(-c6c([2H])c([2H])c7c8c([2H])c([2H])c([2H])c([2H])c8n(-c8c([2H])c([2H])c([2H])c([2H])c8[2H])c7c6[2H])c5c43)n2)c([2H])c1[2H]. The van der Waals surface area contributed by atoms with E-state index in [-0.39, 0.29) is 33.4 Å². The summed E-state index contributed by atoms with van der Waals surface area (Å²) in [6, 6.07) is 1.04. The highest BCUT2D eigenvalue weighted by Gasteiger charge is 2.24. The van der Waals surface area contributed by atoms with E-state index in [0.717, 1.165) is 4.57 Å². The Morgan fingerprint density at radius 1 is 0.351 bits per heavy atom. The van der Waals surface area contributed by atoms with Crippen LogP contribution in [0.25, 0.3) is 106 Å². The highest BCUT2D eigenvalue weighted by Crippen LogP contribution is 2.42. The van der Waals surface area contributed by atoms with Crippen LogP contribution in [0.4, 0.5) is 0 Å². The van der Waals surface area contributed by atoms with Crippen molar-refractivity contribution in [3.05, 3.63) is 194 Å². The molecule has 0 amide bonds. The first kappa shape index (κ1) is 16.9. The van der Waals surface area contributed by atoms with Crippen molar-refractivity contribution in [2.24, 2.45) is 0 Å². The zero-order valence-corrected chi connectivity index (χ0v) is 29.0. The Bertz CT molecular complexity index is 4660. The lowest BCUT2D eigenvalue weighted by atomic mass is 10.1. The Hall–Kier alpha value is -7.83. The van der Waals surface area contributed by atoms with Gasteiger partial charge >= 0.3 is 0 Å². The van der Waals surface area contributed by atoms with Crippen LogP contribution in [0, 0.1) is 0 Å². The number of hydrogen-bond acceptors (Lipinski definition) is 3. The summed E-state index contributed by atoms with van der Waals surface area (Å²) < 4.78 is 200. The molecule has 57 heavy (non-hydrogen) atoms. The van der Waals surface area contributed by atoms with Gasteiger partial charge in [-0.3, -0.25) is 4.57 Å². The van der Waals surface area contributed by atoms with Crippen LogP contribution in [-0.2, 0) is 0 Å². The van der Waals surface area contributed by atoms with Crippen LogP contribution in [0.2, 0.25) is 0 Å². The lowest BCUT2D eigenvalue weighted by molar-refractivity contribution is 0.953. The minimum atomic E-state index is -0.804. The Balaban J connectivity index is 1.31. The van der Waals surface area contributed by atoms with E-state index in [4.69, 9.17) is 34.6 Å². The van der Waals surface area contributed by atoms with Crippen molar-refractivity contribution in [2.75, 3.05) is 0 Å². The van der Waals surface area contributed by atoms with Crippen LogP contribution in [0.5, 0.6) is 0 Å². The minimum absolute atomic E-state index is 0.194. The highest BCUT2D eigenvalue weighted by atomic mass is 15.2. The minimum Gasteiger partial charge on any atom is -0.309 e. The molecule has 6 nitrogen and oxygen atoms in total. The normalized spacial score (nSPS) is 17.3. The standard InChI is InChI=1S/C51H32N6/c1-4-16-33(17-5-1)49-52-50(34-18-6-2-7-19-34)54-51(53-49)57-45-27-15-12-24-39(45)42-31-30-41-38-23-11-14-26-44(38)56(47(41)48(42)57)36-28-29-40-37-22-10-13-25-43(37)55(46(40)32-36)35-20-8-3-9-21-35/h1-32H/i1D,2D,3D,4D,5D,6D,7D,8D,9D,10D,13D,16D,17D,18D,19D,20D,21D,22D,25D,28D,29D,32D. The maximum atomic E-state index is 10.3. The van der Waals surface area contributed by atoms with Crippen molar-refractivity contribution in [2.45, 2.75) is 0 Å². The molecule has 12 rings (SSSR count). The molecule has 6 heteroatoms. The van der Waals surface area contributed by atoms with Gasteiger partial charge in [0.1, 0.15) is 0 Å². The summed E-state index contributed by atoms with van der Waals surface area (Å²) in [7, 11) is 0. The fraction of sp³-hybridized carbons (Fsp3) is 0. The maximum Gasteiger partial charge on any atom is 0.238 e. The lowest BCUT2D eigenvalue weighted by Gasteiger charge is -2.14. The third-order valence-electron chi connectivity index (χ3n) is 9.82. The van der Waals surface area contributed by atoms with Crippen LogP contribution in [0.15, 0.2) is 194 Å². The topological polar surface area (TPSA) is 53.5 Å². The molecular weight excluding hydrogens is 697 g/mol. The molecule has 4 heterocycles. The molecule has 0 saturated heterocycles. The number of fused-ring (bicyclic) bond motifs is 10. The van der Waals surface area contributed by atoms with E-state index in [2.05, 4.69) is 4.98 Å². The summed E-state index contributed by atoms with van der Waals surface area (Å²) in [4.78, 5) is 14.0. The molecule has 266 valence electrons. The Labute approximate surface area is 358 Å². The molecule has 0 N–H and O–H groups in total. The predicted molar refractivity (Wildman–Crippen MR) is 234 cm³/mol. The number of aromatic nitrogens is 6. The van der Waals surface area contributed by atoms with Gasteiger partial charge in [-0.2, -0.15) is 9.97 Å². The first-order valence-electron chi connectivity index (χ1n) is 28.4. The molecule has 0 aliphatic rings. The second kappa shape index (κ2) is 12.3. The van der Waals surface area contributed by atoms with E-state index >= 15 is 0 Å². The van der Waals surface area contributed by atoms with Crippen LogP contribution >= 0.6 is 0 Å². The van der Waals surface area contributed by atoms with E-state index in [1.165, 1.54) is 9.13 Å². The number of nitrogens with zero attached hydrogens (tertiary/aromatic N) is 6. The van der Waals surface area contributed by atoms with Crippen molar-refractivity contribution in [3.8, 4) is 40.1 Å². The highest BCUT2D eigenvalue weighted by molar-refractivity contribution is 6.24. The number of rotatable bonds is 5. The van der Waals surface area contributed by atoms with Gasteiger partial charge in [0.15, 0.2) is 11.6 Å². The van der Waals surface area contributed by atoms with Crippen molar-refractivity contribution in [3.63, 3.8) is 0 Å². The van der Waals surface area contributed by atoms with Crippen molar-refractivity contribution >= 4 is 65.4 Å². The molecule has 0 aliphatic heterocycles. The molecule has 12 aromatic rings. The summed E-state index contributed by atoms with van der Waals surface area (Å²) in [5.74, 6) is -1.47. The zero-order valence-electron chi connectivity index (χ0n) is 51.0. The fourth-order valence-electron chi connectivity index (χ4n) is 7.55. The van der Waals surface area contributed by atoms with Crippen molar-refractivity contribution < 1.29 is 30.2 Å². The predicted octanol–water partition coefficient (Wildman–Crippen LogP) is 12.5. The monoisotopic (exact) mass is 750 g/mol. The summed E-state index contributed by atoms with van der Waals surface area (Å²) in [5, 5.41) is 1.26. The lowest BCUT2D eigenvalue weighted by Crippen LogP contribution is -2.07. The van der Waals surface area contributed by atoms with Gasteiger partial charge in [0.25, 0.3) is 0 Å². The smallest absolute Gasteiger partial charge is 0.238 e. The molecule has 0 atom stereocenters. The molecule has 0 aliphatic carbocycles. The molecule has 4 aromatic heterocycles. The van der Waals surface area contributed by atoms with Crippen LogP contribution < -0.4 is 0 Å². The van der Waals surface area contributed by atoms with Crippen molar-refractivity contribution in [1.29, 1.82) is 0 Å². The molecule has 0 radical (unpaired) electrons. The third kappa shape index (κ3) is 4.74. The van der Waals surface area contributed by atoms with Gasteiger partial charge in [-0.05, 0) is 42.3 Å².